The lowest BCUT2D eigenvalue weighted by Crippen LogP contribution is -2.40. The minimum atomic E-state index is -3.44. The molecule has 1 unspecified atom stereocenters. The number of methoxy groups -OCH3 is 1. The van der Waals surface area contributed by atoms with Gasteiger partial charge in [-0.3, -0.25) is 4.79 Å². The zero-order valence-electron chi connectivity index (χ0n) is 11.7. The van der Waals surface area contributed by atoms with Crippen molar-refractivity contribution in [2.45, 2.75) is 13.3 Å². The van der Waals surface area contributed by atoms with Gasteiger partial charge in [0, 0.05) is 33.2 Å². The highest BCUT2D eigenvalue weighted by Crippen LogP contribution is 2.07. The number of hydrogen-bond donors (Lipinski definition) is 1. The SMILES string of the molecule is COCCCNC(=O)CN(C)S(=O)(=O)CC(C)CCl. The third-order valence-corrected chi connectivity index (χ3v) is 5.04. The molecule has 0 rings (SSSR count). The Morgan fingerprint density at radius 3 is 2.63 bits per heavy atom. The van der Waals surface area contributed by atoms with Crippen LogP contribution in [-0.4, -0.2) is 64.1 Å². The molecule has 0 spiro atoms. The first-order valence-electron chi connectivity index (χ1n) is 6.09. The molecule has 0 radical (unpaired) electrons. The highest BCUT2D eigenvalue weighted by molar-refractivity contribution is 7.89. The summed E-state index contributed by atoms with van der Waals surface area (Å²) in [5, 5.41) is 2.64. The monoisotopic (exact) mass is 314 g/mol. The van der Waals surface area contributed by atoms with Crippen molar-refractivity contribution in [2.24, 2.45) is 5.92 Å². The first kappa shape index (κ1) is 18.6. The number of amides is 1. The molecule has 0 aliphatic rings. The van der Waals surface area contributed by atoms with Crippen LogP contribution in [0.4, 0.5) is 0 Å². The van der Waals surface area contributed by atoms with E-state index in [4.69, 9.17) is 16.3 Å². The Kier molecular flexibility index (Phi) is 9.34. The second-order valence-corrected chi connectivity index (χ2v) is 6.92. The number of sulfonamides is 1. The molecule has 114 valence electrons. The zero-order valence-corrected chi connectivity index (χ0v) is 13.3. The van der Waals surface area contributed by atoms with Crippen molar-refractivity contribution in [1.29, 1.82) is 0 Å². The Hall–Kier alpha value is -0.370. The van der Waals surface area contributed by atoms with E-state index in [1.165, 1.54) is 7.05 Å². The van der Waals surface area contributed by atoms with E-state index < -0.39 is 10.0 Å². The molecule has 0 saturated carbocycles. The highest BCUT2D eigenvalue weighted by Gasteiger charge is 2.22. The normalized spacial score (nSPS) is 13.5. The van der Waals surface area contributed by atoms with Crippen LogP contribution in [-0.2, 0) is 19.6 Å². The second-order valence-electron chi connectivity index (χ2n) is 4.49. The molecule has 0 fully saturated rings. The number of rotatable bonds is 10. The number of carbonyl (C=O) groups excluding carboxylic acids is 1. The van der Waals surface area contributed by atoms with Crippen molar-refractivity contribution >= 4 is 27.5 Å². The lowest BCUT2D eigenvalue weighted by atomic mass is 10.3. The van der Waals surface area contributed by atoms with Gasteiger partial charge in [-0.2, -0.15) is 4.31 Å². The molecule has 0 heterocycles. The summed E-state index contributed by atoms with van der Waals surface area (Å²) >= 11 is 5.59. The number of carbonyl (C=O) groups is 1. The Bertz CT molecular complexity index is 362. The molecule has 0 bridgehead atoms. The van der Waals surface area contributed by atoms with E-state index in [-0.39, 0.29) is 30.0 Å². The summed E-state index contributed by atoms with van der Waals surface area (Å²) < 4.78 is 29.7. The topological polar surface area (TPSA) is 75.7 Å². The molecule has 1 amide bonds. The Morgan fingerprint density at radius 1 is 1.47 bits per heavy atom. The molecule has 8 heteroatoms. The number of hydrogen-bond acceptors (Lipinski definition) is 4. The first-order valence-corrected chi connectivity index (χ1v) is 8.23. The van der Waals surface area contributed by atoms with Crippen LogP contribution in [0, 0.1) is 5.92 Å². The fourth-order valence-electron chi connectivity index (χ4n) is 1.33. The molecule has 1 N–H and O–H groups in total. The molecule has 1 atom stereocenters. The molecule has 0 aromatic rings. The second kappa shape index (κ2) is 9.52. The molecule has 0 aromatic heterocycles. The van der Waals surface area contributed by atoms with Gasteiger partial charge in [0.2, 0.25) is 15.9 Å². The fraction of sp³-hybridized carbons (Fsp3) is 0.909. The van der Waals surface area contributed by atoms with E-state index in [0.717, 1.165) is 4.31 Å². The van der Waals surface area contributed by atoms with Crippen LogP contribution in [0.1, 0.15) is 13.3 Å². The van der Waals surface area contributed by atoms with Crippen LogP contribution in [0.25, 0.3) is 0 Å². The maximum absolute atomic E-state index is 11.9. The van der Waals surface area contributed by atoms with Gasteiger partial charge in [-0.25, -0.2) is 8.42 Å². The number of ether oxygens (including phenoxy) is 1. The molecule has 0 aliphatic carbocycles. The van der Waals surface area contributed by atoms with Gasteiger partial charge in [0.25, 0.3) is 0 Å². The van der Waals surface area contributed by atoms with Gasteiger partial charge in [-0.1, -0.05) is 6.92 Å². The van der Waals surface area contributed by atoms with Crippen LogP contribution < -0.4 is 5.32 Å². The number of nitrogens with one attached hydrogen (secondary N) is 1. The summed E-state index contributed by atoms with van der Waals surface area (Å²) in [6.07, 6.45) is 0.696. The summed E-state index contributed by atoms with van der Waals surface area (Å²) in [6, 6.07) is 0. The largest absolute Gasteiger partial charge is 0.385 e. The van der Waals surface area contributed by atoms with Gasteiger partial charge >= 0.3 is 0 Å². The summed E-state index contributed by atoms with van der Waals surface area (Å²) in [4.78, 5) is 11.5. The number of nitrogens with zero attached hydrogens (tertiary/aromatic N) is 1. The van der Waals surface area contributed by atoms with Crippen LogP contribution in [0.3, 0.4) is 0 Å². The van der Waals surface area contributed by atoms with Crippen LogP contribution in [0.2, 0.25) is 0 Å². The molecular weight excluding hydrogens is 292 g/mol. The molecule has 19 heavy (non-hydrogen) atoms. The van der Waals surface area contributed by atoms with Crippen LogP contribution in [0.5, 0.6) is 0 Å². The van der Waals surface area contributed by atoms with Crippen molar-refractivity contribution in [3.63, 3.8) is 0 Å². The van der Waals surface area contributed by atoms with E-state index in [1.54, 1.807) is 14.0 Å². The number of halogens is 1. The summed E-state index contributed by atoms with van der Waals surface area (Å²) in [6.45, 7) is 2.60. The molecule has 0 aliphatic heterocycles. The van der Waals surface area contributed by atoms with E-state index in [9.17, 15) is 13.2 Å². The van der Waals surface area contributed by atoms with Crippen molar-refractivity contribution in [1.82, 2.24) is 9.62 Å². The quantitative estimate of drug-likeness (QED) is 0.464. The van der Waals surface area contributed by atoms with Gasteiger partial charge in [0.1, 0.15) is 0 Å². The Balaban J connectivity index is 4.13. The average molecular weight is 315 g/mol. The van der Waals surface area contributed by atoms with Gasteiger partial charge in [-0.05, 0) is 12.3 Å². The standard InChI is InChI=1S/C11H23ClN2O4S/c1-10(7-12)9-19(16,17)14(2)8-11(15)13-5-4-6-18-3/h10H,4-9H2,1-3H3,(H,13,15). The average Bonchev–Trinajstić information content (AvgIpc) is 2.33. The molecule has 0 saturated heterocycles. The molecular formula is C11H23ClN2O4S. The van der Waals surface area contributed by atoms with Crippen LogP contribution >= 0.6 is 11.6 Å². The predicted octanol–water partition coefficient (Wildman–Crippen LogP) is 0.276. The predicted molar refractivity (Wildman–Crippen MR) is 75.8 cm³/mol. The highest BCUT2D eigenvalue weighted by atomic mass is 35.5. The lowest BCUT2D eigenvalue weighted by Gasteiger charge is -2.18. The molecule has 6 nitrogen and oxygen atoms in total. The van der Waals surface area contributed by atoms with Gasteiger partial charge < -0.3 is 10.1 Å². The van der Waals surface area contributed by atoms with Gasteiger partial charge in [0.05, 0.1) is 12.3 Å². The van der Waals surface area contributed by atoms with Crippen LogP contribution in [0.15, 0.2) is 0 Å². The van der Waals surface area contributed by atoms with Crippen molar-refractivity contribution in [3.05, 3.63) is 0 Å². The minimum Gasteiger partial charge on any atom is -0.385 e. The smallest absolute Gasteiger partial charge is 0.235 e. The van der Waals surface area contributed by atoms with E-state index in [0.29, 0.717) is 19.6 Å². The Morgan fingerprint density at radius 2 is 2.11 bits per heavy atom. The lowest BCUT2D eigenvalue weighted by molar-refractivity contribution is -0.121. The number of alkyl halides is 1. The van der Waals surface area contributed by atoms with E-state index in [1.807, 2.05) is 0 Å². The van der Waals surface area contributed by atoms with Crippen molar-refractivity contribution in [2.75, 3.05) is 45.5 Å². The summed E-state index contributed by atoms with van der Waals surface area (Å²) in [7, 11) is -0.461. The first-order chi connectivity index (χ1) is 8.83. The van der Waals surface area contributed by atoms with Gasteiger partial charge in [0.15, 0.2) is 0 Å². The maximum atomic E-state index is 11.9. The minimum absolute atomic E-state index is 0.0516. The third-order valence-electron chi connectivity index (χ3n) is 2.45. The summed E-state index contributed by atoms with van der Waals surface area (Å²) in [5.74, 6) is -0.236. The van der Waals surface area contributed by atoms with Crippen molar-refractivity contribution < 1.29 is 17.9 Å². The van der Waals surface area contributed by atoms with E-state index in [2.05, 4.69) is 5.32 Å². The third kappa shape index (κ3) is 8.41. The zero-order chi connectivity index (χ0) is 14.9. The van der Waals surface area contributed by atoms with E-state index >= 15 is 0 Å². The maximum Gasteiger partial charge on any atom is 0.235 e. The molecule has 0 aromatic carbocycles. The van der Waals surface area contributed by atoms with Crippen molar-refractivity contribution in [3.8, 4) is 0 Å². The Labute approximate surface area is 120 Å². The van der Waals surface area contributed by atoms with Gasteiger partial charge in [-0.15, -0.1) is 11.6 Å². The number of likely N-dealkylation sites (N-methyl/N-ethyl adjacent to an activating group) is 1. The fourth-order valence-corrected chi connectivity index (χ4v) is 2.98. The summed E-state index contributed by atoms with van der Waals surface area (Å²) in [5.41, 5.74) is 0.